The van der Waals surface area contributed by atoms with Crippen LogP contribution in [0.5, 0.6) is 0 Å². The Balaban J connectivity index is 0.000000574. The van der Waals surface area contributed by atoms with Gasteiger partial charge in [-0.05, 0) is 31.0 Å². The van der Waals surface area contributed by atoms with Gasteiger partial charge in [0.15, 0.2) is 0 Å². The van der Waals surface area contributed by atoms with Crippen LogP contribution >= 0.6 is 11.8 Å². The van der Waals surface area contributed by atoms with Crippen LogP contribution in [0.3, 0.4) is 0 Å². The third-order valence-corrected chi connectivity index (χ3v) is 3.84. The lowest BCUT2D eigenvalue weighted by atomic mass is 10.0. The molecule has 94 valence electrons. The fraction of sp³-hybridized carbons (Fsp3) is 0.333. The van der Waals surface area contributed by atoms with Gasteiger partial charge in [0.05, 0.1) is 11.4 Å². The van der Waals surface area contributed by atoms with Crippen LogP contribution in [0.4, 0.5) is 0 Å². The highest BCUT2D eigenvalue weighted by atomic mass is 32.2. The molecule has 0 N–H and O–H groups in total. The van der Waals surface area contributed by atoms with Crippen LogP contribution in [0, 0.1) is 6.92 Å². The first-order chi connectivity index (χ1) is 8.84. The largest absolute Gasteiger partial charge is 0.155 e. The molecule has 0 radical (unpaired) electrons. The van der Waals surface area contributed by atoms with Crippen molar-refractivity contribution >= 4 is 11.8 Å². The molecule has 0 saturated heterocycles. The van der Waals surface area contributed by atoms with Crippen LogP contribution in [0.15, 0.2) is 35.2 Å². The van der Waals surface area contributed by atoms with Gasteiger partial charge >= 0.3 is 0 Å². The number of hydrogen-bond donors (Lipinski definition) is 0. The number of aryl methyl sites for hydroxylation is 2. The molecular formula is C15H18N2S. The number of benzene rings is 1. The third kappa shape index (κ3) is 2.56. The zero-order valence-electron chi connectivity index (χ0n) is 11.1. The van der Waals surface area contributed by atoms with Crippen LogP contribution < -0.4 is 0 Å². The highest BCUT2D eigenvalue weighted by Gasteiger charge is 2.15. The first-order valence-corrected chi connectivity index (χ1v) is 7.38. The number of fused-ring (bicyclic) bond motifs is 3. The minimum absolute atomic E-state index is 1.00. The summed E-state index contributed by atoms with van der Waals surface area (Å²) in [5, 5.41) is 8.53. The van der Waals surface area contributed by atoms with Gasteiger partial charge in [-0.3, -0.25) is 0 Å². The van der Waals surface area contributed by atoms with E-state index in [9.17, 15) is 0 Å². The van der Waals surface area contributed by atoms with E-state index in [1.807, 2.05) is 32.5 Å². The minimum atomic E-state index is 1.00. The first kappa shape index (κ1) is 13.1. The standard InChI is InChI=1S/C13H12N2S.C2H6/c1-9-8-10-6-7-16-12-5-3-2-4-11(12)13(10)15-14-9;1-2/h2-5,8H,6-7H2,1H3;1-2H3. The first-order valence-electron chi connectivity index (χ1n) is 6.40. The van der Waals surface area contributed by atoms with E-state index in [0.717, 1.165) is 23.6 Å². The number of aromatic nitrogens is 2. The Morgan fingerprint density at radius 1 is 1.11 bits per heavy atom. The molecule has 0 unspecified atom stereocenters. The number of nitrogens with zero attached hydrogens (tertiary/aromatic N) is 2. The average Bonchev–Trinajstić information content (AvgIpc) is 2.59. The second kappa shape index (κ2) is 6.01. The van der Waals surface area contributed by atoms with Crippen molar-refractivity contribution < 1.29 is 0 Å². The maximum absolute atomic E-state index is 4.36. The van der Waals surface area contributed by atoms with Gasteiger partial charge in [-0.2, -0.15) is 5.10 Å². The van der Waals surface area contributed by atoms with E-state index in [2.05, 4.69) is 40.5 Å². The van der Waals surface area contributed by atoms with E-state index >= 15 is 0 Å². The highest BCUT2D eigenvalue weighted by molar-refractivity contribution is 7.99. The van der Waals surface area contributed by atoms with E-state index in [0.29, 0.717) is 0 Å². The van der Waals surface area contributed by atoms with Crippen molar-refractivity contribution in [3.8, 4) is 11.3 Å². The fourth-order valence-electron chi connectivity index (χ4n) is 2.02. The van der Waals surface area contributed by atoms with Gasteiger partial charge in [-0.25, -0.2) is 0 Å². The summed E-state index contributed by atoms with van der Waals surface area (Å²) in [6.45, 7) is 6.00. The van der Waals surface area contributed by atoms with E-state index < -0.39 is 0 Å². The van der Waals surface area contributed by atoms with Crippen molar-refractivity contribution in [1.82, 2.24) is 10.2 Å². The molecule has 2 nitrogen and oxygen atoms in total. The second-order valence-electron chi connectivity index (χ2n) is 3.95. The Hall–Kier alpha value is -1.35. The topological polar surface area (TPSA) is 25.8 Å². The smallest absolute Gasteiger partial charge is 0.0973 e. The van der Waals surface area contributed by atoms with Crippen LogP contribution in [-0.4, -0.2) is 16.0 Å². The minimum Gasteiger partial charge on any atom is -0.155 e. The van der Waals surface area contributed by atoms with E-state index in [1.165, 1.54) is 16.0 Å². The summed E-state index contributed by atoms with van der Waals surface area (Å²) >= 11 is 1.90. The molecular weight excluding hydrogens is 240 g/mol. The van der Waals surface area contributed by atoms with Crippen molar-refractivity contribution in [2.24, 2.45) is 0 Å². The Labute approximate surface area is 113 Å². The van der Waals surface area contributed by atoms with E-state index in [1.54, 1.807) is 0 Å². The van der Waals surface area contributed by atoms with Crippen LogP contribution in [0.2, 0.25) is 0 Å². The zero-order valence-corrected chi connectivity index (χ0v) is 11.9. The molecule has 0 fully saturated rings. The van der Waals surface area contributed by atoms with Gasteiger partial charge in [0.2, 0.25) is 0 Å². The summed E-state index contributed by atoms with van der Waals surface area (Å²) < 4.78 is 0. The summed E-state index contributed by atoms with van der Waals surface area (Å²) in [4.78, 5) is 1.32. The SMILES string of the molecule is CC.Cc1cc2c(nn1)-c1ccccc1SCC2. The predicted octanol–water partition coefficient (Wildman–Crippen LogP) is 4.13. The van der Waals surface area contributed by atoms with Gasteiger partial charge in [0.1, 0.15) is 0 Å². The van der Waals surface area contributed by atoms with Crippen molar-refractivity contribution in [1.29, 1.82) is 0 Å². The van der Waals surface area contributed by atoms with Gasteiger partial charge in [0.25, 0.3) is 0 Å². The fourth-order valence-corrected chi connectivity index (χ4v) is 3.06. The lowest BCUT2D eigenvalue weighted by Crippen LogP contribution is -1.97. The molecule has 1 aliphatic rings. The monoisotopic (exact) mass is 258 g/mol. The summed E-state index contributed by atoms with van der Waals surface area (Å²) in [5.41, 5.74) is 4.62. The molecule has 0 atom stereocenters. The molecule has 0 spiro atoms. The van der Waals surface area contributed by atoms with Crippen molar-refractivity contribution in [2.75, 3.05) is 5.75 Å². The second-order valence-corrected chi connectivity index (χ2v) is 5.09. The molecule has 1 aromatic carbocycles. The summed E-state index contributed by atoms with van der Waals surface area (Å²) in [6, 6.07) is 10.6. The number of thioether (sulfide) groups is 1. The molecule has 1 aromatic heterocycles. The van der Waals surface area contributed by atoms with Gasteiger partial charge in [0, 0.05) is 16.2 Å². The Morgan fingerprint density at radius 3 is 2.72 bits per heavy atom. The van der Waals surface area contributed by atoms with Gasteiger partial charge < -0.3 is 0 Å². The van der Waals surface area contributed by atoms with Gasteiger partial charge in [-0.1, -0.05) is 32.0 Å². The molecule has 0 aliphatic carbocycles. The molecule has 2 heterocycles. The van der Waals surface area contributed by atoms with Crippen LogP contribution in [0.25, 0.3) is 11.3 Å². The number of rotatable bonds is 0. The van der Waals surface area contributed by atoms with Gasteiger partial charge in [-0.15, -0.1) is 16.9 Å². The maximum Gasteiger partial charge on any atom is 0.0973 e. The third-order valence-electron chi connectivity index (χ3n) is 2.77. The average molecular weight is 258 g/mol. The molecule has 3 heteroatoms. The Kier molecular flexibility index (Phi) is 4.37. The molecule has 0 saturated carbocycles. The van der Waals surface area contributed by atoms with Crippen molar-refractivity contribution in [3.05, 3.63) is 41.6 Å². The lowest BCUT2D eigenvalue weighted by Gasteiger charge is -2.06. The molecule has 18 heavy (non-hydrogen) atoms. The van der Waals surface area contributed by atoms with Crippen LogP contribution in [-0.2, 0) is 6.42 Å². The van der Waals surface area contributed by atoms with Crippen molar-refractivity contribution in [2.45, 2.75) is 32.1 Å². The van der Waals surface area contributed by atoms with Crippen molar-refractivity contribution in [3.63, 3.8) is 0 Å². The molecule has 3 rings (SSSR count). The molecule has 2 aromatic rings. The van der Waals surface area contributed by atoms with E-state index in [4.69, 9.17) is 0 Å². The van der Waals surface area contributed by atoms with E-state index in [-0.39, 0.29) is 0 Å². The normalized spacial score (nSPS) is 12.6. The van der Waals surface area contributed by atoms with Crippen LogP contribution in [0.1, 0.15) is 25.1 Å². The molecule has 0 bridgehead atoms. The summed E-state index contributed by atoms with van der Waals surface area (Å²) in [7, 11) is 0. The maximum atomic E-state index is 4.36. The Bertz CT molecular complexity index is 538. The summed E-state index contributed by atoms with van der Waals surface area (Å²) in [5.74, 6) is 1.12. The Morgan fingerprint density at radius 2 is 1.89 bits per heavy atom. The molecule has 1 aliphatic heterocycles. The number of hydrogen-bond acceptors (Lipinski definition) is 3. The predicted molar refractivity (Wildman–Crippen MR) is 78.0 cm³/mol. The lowest BCUT2D eigenvalue weighted by molar-refractivity contribution is 0.954. The zero-order chi connectivity index (χ0) is 13.0. The highest BCUT2D eigenvalue weighted by Crippen LogP contribution is 2.35. The molecule has 0 amide bonds. The quantitative estimate of drug-likeness (QED) is 0.710. The summed E-state index contributed by atoms with van der Waals surface area (Å²) in [6.07, 6.45) is 1.07.